The fraction of sp³-hybridized carbons (Fsp3) is 0.300. The largest absolute Gasteiger partial charge is 0.357 e. The van der Waals surface area contributed by atoms with Crippen LogP contribution in [0.5, 0.6) is 0 Å². The zero-order chi connectivity index (χ0) is 23.3. The first-order chi connectivity index (χ1) is 14.4. The number of amides is 2. The third kappa shape index (κ3) is 6.47. The molecule has 11 heteroatoms. The highest BCUT2D eigenvalue weighted by Crippen LogP contribution is 2.22. The molecular weight excluding hydrogens is 496 g/mol. The highest BCUT2D eigenvalue weighted by molar-refractivity contribution is 9.10. The van der Waals surface area contributed by atoms with Crippen LogP contribution in [0.15, 0.2) is 46.9 Å². The van der Waals surface area contributed by atoms with Gasteiger partial charge in [-0.1, -0.05) is 28.1 Å². The molecule has 0 saturated carbocycles. The lowest BCUT2D eigenvalue weighted by atomic mass is 10.1. The Kier molecular flexibility index (Phi) is 8.13. The van der Waals surface area contributed by atoms with Gasteiger partial charge in [0.15, 0.2) is 11.6 Å². The predicted molar refractivity (Wildman–Crippen MR) is 117 cm³/mol. The SMILES string of the molecule is CNC(=O)C(C)N(Cc1ccc(Br)cc1)C(=O)CN(c1ccc(F)c(F)c1)S(C)(=O)=O. The van der Waals surface area contributed by atoms with E-state index in [2.05, 4.69) is 21.2 Å². The molecule has 0 fully saturated rings. The Morgan fingerprint density at radius 1 is 1.10 bits per heavy atom. The molecule has 2 aromatic rings. The lowest BCUT2D eigenvalue weighted by molar-refractivity contribution is -0.139. The molecule has 2 amide bonds. The van der Waals surface area contributed by atoms with E-state index in [0.717, 1.165) is 22.9 Å². The van der Waals surface area contributed by atoms with Gasteiger partial charge < -0.3 is 10.2 Å². The van der Waals surface area contributed by atoms with E-state index in [-0.39, 0.29) is 12.2 Å². The van der Waals surface area contributed by atoms with Crippen LogP contribution in [0.25, 0.3) is 0 Å². The maximum atomic E-state index is 13.7. The number of carbonyl (C=O) groups is 2. The summed E-state index contributed by atoms with van der Waals surface area (Å²) in [4.78, 5) is 26.5. The predicted octanol–water partition coefficient (Wildman–Crippen LogP) is 2.66. The average Bonchev–Trinajstić information content (AvgIpc) is 2.71. The molecule has 0 aliphatic carbocycles. The second-order valence-corrected chi connectivity index (χ2v) is 9.63. The molecular formula is C20H22BrF2N3O4S. The van der Waals surface area contributed by atoms with Crippen LogP contribution in [-0.2, 0) is 26.2 Å². The number of nitrogens with zero attached hydrogens (tertiary/aromatic N) is 2. The van der Waals surface area contributed by atoms with Crippen LogP contribution in [0.1, 0.15) is 12.5 Å². The number of sulfonamides is 1. The average molecular weight is 518 g/mol. The van der Waals surface area contributed by atoms with E-state index in [1.807, 2.05) is 0 Å². The Labute approximate surface area is 188 Å². The van der Waals surface area contributed by atoms with Gasteiger partial charge in [-0.3, -0.25) is 13.9 Å². The molecule has 0 saturated heterocycles. The molecule has 1 atom stereocenters. The lowest BCUT2D eigenvalue weighted by Crippen LogP contribution is -2.50. The minimum absolute atomic E-state index is 0.0378. The van der Waals surface area contributed by atoms with Gasteiger partial charge in [-0.2, -0.15) is 0 Å². The second kappa shape index (κ2) is 10.2. The molecule has 0 heterocycles. The second-order valence-electron chi connectivity index (χ2n) is 6.81. The van der Waals surface area contributed by atoms with Gasteiger partial charge in [0.25, 0.3) is 0 Å². The maximum Gasteiger partial charge on any atom is 0.244 e. The first-order valence-electron chi connectivity index (χ1n) is 9.12. The van der Waals surface area contributed by atoms with Gasteiger partial charge in [0, 0.05) is 24.1 Å². The number of hydrogen-bond donors (Lipinski definition) is 1. The van der Waals surface area contributed by atoms with E-state index in [9.17, 15) is 26.8 Å². The zero-order valence-electron chi connectivity index (χ0n) is 17.1. The molecule has 1 unspecified atom stereocenters. The van der Waals surface area contributed by atoms with Crippen LogP contribution in [0, 0.1) is 11.6 Å². The lowest BCUT2D eigenvalue weighted by Gasteiger charge is -2.31. The van der Waals surface area contributed by atoms with Gasteiger partial charge in [-0.15, -0.1) is 0 Å². The summed E-state index contributed by atoms with van der Waals surface area (Å²) in [6.07, 6.45) is 0.850. The van der Waals surface area contributed by atoms with Crippen molar-refractivity contribution in [3.8, 4) is 0 Å². The number of anilines is 1. The van der Waals surface area contributed by atoms with Gasteiger partial charge >= 0.3 is 0 Å². The van der Waals surface area contributed by atoms with Crippen molar-refractivity contribution in [2.45, 2.75) is 19.5 Å². The van der Waals surface area contributed by atoms with Crippen molar-refractivity contribution in [2.24, 2.45) is 0 Å². The number of hydrogen-bond acceptors (Lipinski definition) is 4. The molecule has 2 rings (SSSR count). The van der Waals surface area contributed by atoms with E-state index < -0.39 is 46.1 Å². The Morgan fingerprint density at radius 2 is 1.71 bits per heavy atom. The van der Waals surface area contributed by atoms with Gasteiger partial charge in [0.2, 0.25) is 21.8 Å². The zero-order valence-corrected chi connectivity index (χ0v) is 19.5. The standard InChI is InChI=1S/C20H22BrF2N3O4S/c1-13(20(28)24-2)25(11-14-4-6-15(21)7-5-14)19(27)12-26(31(3,29)30)16-8-9-17(22)18(23)10-16/h4-10,13H,11-12H2,1-3H3,(H,24,28). The number of nitrogens with one attached hydrogen (secondary N) is 1. The maximum absolute atomic E-state index is 13.7. The van der Waals surface area contributed by atoms with E-state index in [4.69, 9.17) is 0 Å². The quantitative estimate of drug-likeness (QED) is 0.583. The summed E-state index contributed by atoms with van der Waals surface area (Å²) < 4.78 is 53.1. The summed E-state index contributed by atoms with van der Waals surface area (Å²) in [5.74, 6) is -3.52. The fourth-order valence-corrected chi connectivity index (χ4v) is 3.94. The van der Waals surface area contributed by atoms with Crippen molar-refractivity contribution >= 4 is 43.5 Å². The van der Waals surface area contributed by atoms with Crippen molar-refractivity contribution in [1.82, 2.24) is 10.2 Å². The first-order valence-corrected chi connectivity index (χ1v) is 11.8. The topological polar surface area (TPSA) is 86.8 Å². The Balaban J connectivity index is 2.39. The monoisotopic (exact) mass is 517 g/mol. The van der Waals surface area contributed by atoms with Gasteiger partial charge in [0.1, 0.15) is 12.6 Å². The highest BCUT2D eigenvalue weighted by Gasteiger charge is 2.30. The Hall–Kier alpha value is -2.53. The number of benzene rings is 2. The van der Waals surface area contributed by atoms with Gasteiger partial charge in [-0.05, 0) is 36.8 Å². The van der Waals surface area contributed by atoms with Crippen molar-refractivity contribution < 1.29 is 26.8 Å². The highest BCUT2D eigenvalue weighted by atomic mass is 79.9. The molecule has 0 aliphatic rings. The molecule has 0 bridgehead atoms. The molecule has 31 heavy (non-hydrogen) atoms. The van der Waals surface area contributed by atoms with Crippen molar-refractivity contribution in [1.29, 1.82) is 0 Å². The molecule has 0 spiro atoms. The molecule has 7 nitrogen and oxygen atoms in total. The molecule has 2 aromatic carbocycles. The van der Waals surface area contributed by atoms with Crippen LogP contribution < -0.4 is 9.62 Å². The van der Waals surface area contributed by atoms with Crippen LogP contribution in [0.3, 0.4) is 0 Å². The van der Waals surface area contributed by atoms with Crippen LogP contribution in [-0.4, -0.2) is 51.0 Å². The summed E-state index contributed by atoms with van der Waals surface area (Å²) in [5.41, 5.74) is 0.511. The minimum Gasteiger partial charge on any atom is -0.357 e. The van der Waals surface area contributed by atoms with Crippen molar-refractivity contribution in [2.75, 3.05) is 24.2 Å². The molecule has 1 N–H and O–H groups in total. The summed E-state index contributed by atoms with van der Waals surface area (Å²) >= 11 is 3.32. The van der Waals surface area contributed by atoms with E-state index >= 15 is 0 Å². The number of halogens is 3. The van der Waals surface area contributed by atoms with E-state index in [1.54, 1.807) is 24.3 Å². The smallest absolute Gasteiger partial charge is 0.244 e. The summed E-state index contributed by atoms with van der Waals surface area (Å²) in [6, 6.07) is 8.68. The number of likely N-dealkylation sites (N-methyl/N-ethyl adjacent to an activating group) is 1. The number of rotatable bonds is 8. The third-order valence-corrected chi connectivity index (χ3v) is 6.22. The van der Waals surface area contributed by atoms with Gasteiger partial charge in [0.05, 0.1) is 11.9 Å². The number of carbonyl (C=O) groups excluding carboxylic acids is 2. The van der Waals surface area contributed by atoms with Crippen molar-refractivity contribution in [3.63, 3.8) is 0 Å². The molecule has 0 radical (unpaired) electrons. The van der Waals surface area contributed by atoms with Gasteiger partial charge in [-0.25, -0.2) is 17.2 Å². The Bertz CT molecular complexity index is 1060. The molecule has 0 aromatic heterocycles. The van der Waals surface area contributed by atoms with E-state index in [0.29, 0.717) is 15.9 Å². The summed E-state index contributed by atoms with van der Waals surface area (Å²) in [5, 5.41) is 2.46. The molecule has 168 valence electrons. The molecule has 0 aliphatic heterocycles. The van der Waals surface area contributed by atoms with Crippen LogP contribution >= 0.6 is 15.9 Å². The van der Waals surface area contributed by atoms with Crippen molar-refractivity contribution in [3.05, 3.63) is 64.1 Å². The first kappa shape index (κ1) is 24.7. The third-order valence-electron chi connectivity index (χ3n) is 4.55. The fourth-order valence-electron chi connectivity index (χ4n) is 2.83. The van der Waals surface area contributed by atoms with Crippen LogP contribution in [0.4, 0.5) is 14.5 Å². The van der Waals surface area contributed by atoms with E-state index in [1.165, 1.54) is 18.9 Å². The Morgan fingerprint density at radius 3 is 2.23 bits per heavy atom. The normalized spacial score (nSPS) is 12.2. The summed E-state index contributed by atoms with van der Waals surface area (Å²) in [6.45, 7) is 0.857. The summed E-state index contributed by atoms with van der Waals surface area (Å²) in [7, 11) is -2.59. The minimum atomic E-state index is -4.02. The van der Waals surface area contributed by atoms with Crippen LogP contribution in [0.2, 0.25) is 0 Å².